The third kappa shape index (κ3) is 3.84. The Hall–Kier alpha value is -2.88. The molecule has 0 aliphatic rings. The van der Waals surface area contributed by atoms with Crippen LogP contribution >= 0.6 is 22.7 Å². The minimum atomic E-state index is -0.406. The van der Waals surface area contributed by atoms with Gasteiger partial charge in [-0.15, -0.1) is 11.3 Å². The highest BCUT2D eigenvalue weighted by molar-refractivity contribution is 7.17. The summed E-state index contributed by atoms with van der Waals surface area (Å²) >= 11 is 2.83. The number of nitrogens with zero attached hydrogens (tertiary/aromatic N) is 3. The molecule has 0 bridgehead atoms. The Morgan fingerprint density at radius 3 is 2.69 bits per heavy atom. The average molecular weight is 428 g/mol. The lowest BCUT2D eigenvalue weighted by atomic mass is 10.2. The Bertz CT molecular complexity index is 1290. The fourth-order valence-corrected chi connectivity index (χ4v) is 4.75. The van der Waals surface area contributed by atoms with E-state index in [1.807, 2.05) is 16.7 Å². The summed E-state index contributed by atoms with van der Waals surface area (Å²) in [7, 11) is 2.97. The van der Waals surface area contributed by atoms with Crippen molar-refractivity contribution >= 4 is 55.0 Å². The molecule has 2 aromatic heterocycles. The van der Waals surface area contributed by atoms with Crippen molar-refractivity contribution in [3.8, 4) is 0 Å². The van der Waals surface area contributed by atoms with Crippen LogP contribution in [0.25, 0.3) is 20.4 Å². The topological polar surface area (TPSA) is 82.8 Å². The number of carbonyl (C=O) groups is 2. The van der Waals surface area contributed by atoms with Gasteiger partial charge in [-0.05, 0) is 36.4 Å². The van der Waals surface area contributed by atoms with Gasteiger partial charge in [-0.1, -0.05) is 11.3 Å². The van der Waals surface area contributed by atoms with Crippen molar-refractivity contribution < 1.29 is 19.1 Å². The van der Waals surface area contributed by atoms with Gasteiger partial charge in [-0.25, -0.2) is 9.78 Å². The third-order valence-corrected chi connectivity index (χ3v) is 6.23. The lowest BCUT2D eigenvalue weighted by molar-refractivity contribution is 0.0601. The lowest BCUT2D eigenvalue weighted by Gasteiger charge is -2.05. The maximum atomic E-state index is 12.8. The fraction of sp³-hybridized carbons (Fsp3) is 0.200. The van der Waals surface area contributed by atoms with Gasteiger partial charge in [-0.3, -0.25) is 4.79 Å². The van der Waals surface area contributed by atoms with Crippen molar-refractivity contribution in [3.05, 3.63) is 57.8 Å². The van der Waals surface area contributed by atoms with Gasteiger partial charge >= 0.3 is 5.97 Å². The summed E-state index contributed by atoms with van der Waals surface area (Å²) in [6.07, 6.45) is 0. The fourth-order valence-electron chi connectivity index (χ4n) is 2.94. The predicted octanol–water partition coefficient (Wildman–Crippen LogP) is 3.49. The molecule has 148 valence electrons. The molecule has 0 N–H and O–H groups in total. The van der Waals surface area contributed by atoms with Crippen LogP contribution in [0.1, 0.15) is 20.7 Å². The van der Waals surface area contributed by atoms with Crippen LogP contribution in [0, 0.1) is 0 Å². The molecule has 1 amide bonds. The van der Waals surface area contributed by atoms with E-state index >= 15 is 0 Å². The number of fused-ring (bicyclic) bond motifs is 2. The second-order valence-corrected chi connectivity index (χ2v) is 8.05. The second-order valence-electron chi connectivity index (χ2n) is 6.15. The molecular formula is C20H17N3O4S2. The summed E-state index contributed by atoms with van der Waals surface area (Å²) in [5.74, 6) is -0.734. The maximum absolute atomic E-state index is 12.8. The van der Waals surface area contributed by atoms with Gasteiger partial charge in [0.25, 0.3) is 5.91 Å². The smallest absolute Gasteiger partial charge is 0.337 e. The minimum Gasteiger partial charge on any atom is -0.465 e. The van der Waals surface area contributed by atoms with Gasteiger partial charge in [0.2, 0.25) is 0 Å². The number of esters is 1. The summed E-state index contributed by atoms with van der Waals surface area (Å²) in [5.41, 5.74) is 4.45. The Balaban J connectivity index is 1.81. The molecule has 4 rings (SSSR count). The highest BCUT2D eigenvalue weighted by Crippen LogP contribution is 2.21. The molecule has 2 heterocycles. The summed E-state index contributed by atoms with van der Waals surface area (Å²) in [5, 5.41) is 0. The Morgan fingerprint density at radius 2 is 1.90 bits per heavy atom. The first-order valence-corrected chi connectivity index (χ1v) is 10.4. The van der Waals surface area contributed by atoms with E-state index < -0.39 is 5.97 Å². The normalized spacial score (nSPS) is 12.0. The van der Waals surface area contributed by atoms with E-state index in [1.165, 1.54) is 29.8 Å². The Labute approximate surface area is 173 Å². The number of rotatable bonds is 5. The molecule has 0 atom stereocenters. The van der Waals surface area contributed by atoms with Gasteiger partial charge in [0.15, 0.2) is 4.80 Å². The summed E-state index contributed by atoms with van der Waals surface area (Å²) < 4.78 is 13.7. The van der Waals surface area contributed by atoms with Crippen molar-refractivity contribution in [2.24, 2.45) is 4.99 Å². The van der Waals surface area contributed by atoms with E-state index in [0.717, 1.165) is 20.4 Å². The number of carbonyl (C=O) groups excluding carboxylic acids is 2. The van der Waals surface area contributed by atoms with Crippen LogP contribution in [0.4, 0.5) is 0 Å². The number of ether oxygens (including phenoxy) is 2. The lowest BCUT2D eigenvalue weighted by Crippen LogP contribution is -2.19. The van der Waals surface area contributed by atoms with Crippen molar-refractivity contribution in [1.82, 2.24) is 9.55 Å². The zero-order valence-electron chi connectivity index (χ0n) is 15.7. The van der Waals surface area contributed by atoms with Gasteiger partial charge in [0.05, 0.1) is 45.2 Å². The van der Waals surface area contributed by atoms with Crippen molar-refractivity contribution in [2.45, 2.75) is 6.54 Å². The number of amides is 1. The molecule has 2 aromatic carbocycles. The number of thiazole rings is 2. The zero-order valence-corrected chi connectivity index (χ0v) is 17.4. The molecule has 29 heavy (non-hydrogen) atoms. The molecule has 9 heteroatoms. The van der Waals surface area contributed by atoms with Crippen LogP contribution in [-0.4, -0.2) is 42.3 Å². The monoisotopic (exact) mass is 427 g/mol. The van der Waals surface area contributed by atoms with Gasteiger partial charge in [0.1, 0.15) is 0 Å². The molecule has 0 fully saturated rings. The first-order valence-electron chi connectivity index (χ1n) is 8.73. The molecule has 0 radical (unpaired) electrons. The zero-order chi connectivity index (χ0) is 20.4. The standard InChI is InChI=1S/C20H17N3O4S2/c1-26-8-7-23-15-6-4-13(19(25)27-2)10-17(15)29-20(23)22-18(24)12-3-5-14-16(9-12)28-11-21-14/h3-6,9-11H,7-8H2,1-2H3. The number of hydrogen-bond donors (Lipinski definition) is 0. The molecule has 0 aliphatic heterocycles. The molecule has 0 spiro atoms. The largest absolute Gasteiger partial charge is 0.465 e. The highest BCUT2D eigenvalue weighted by Gasteiger charge is 2.13. The van der Waals surface area contributed by atoms with Crippen LogP contribution in [0.5, 0.6) is 0 Å². The van der Waals surface area contributed by atoms with Crippen molar-refractivity contribution in [1.29, 1.82) is 0 Å². The molecule has 4 aromatic rings. The van der Waals surface area contributed by atoms with Gasteiger partial charge in [0, 0.05) is 19.2 Å². The summed E-state index contributed by atoms with van der Waals surface area (Å²) in [6.45, 7) is 1.01. The van der Waals surface area contributed by atoms with Gasteiger partial charge < -0.3 is 14.0 Å². The number of methoxy groups -OCH3 is 2. The van der Waals surface area contributed by atoms with Gasteiger partial charge in [-0.2, -0.15) is 4.99 Å². The molecule has 7 nitrogen and oxygen atoms in total. The van der Waals surface area contributed by atoms with Crippen LogP contribution in [0.3, 0.4) is 0 Å². The molecular weight excluding hydrogens is 410 g/mol. The molecule has 0 saturated heterocycles. The summed E-state index contributed by atoms with van der Waals surface area (Å²) in [4.78, 5) is 33.8. The Kier molecular flexibility index (Phi) is 5.52. The van der Waals surface area contributed by atoms with Crippen molar-refractivity contribution in [2.75, 3.05) is 20.8 Å². The SMILES string of the molecule is COCCn1c(=NC(=O)c2ccc3ncsc3c2)sc2cc(C(=O)OC)ccc21. The average Bonchev–Trinajstić information content (AvgIpc) is 3.34. The van der Waals surface area contributed by atoms with E-state index in [4.69, 9.17) is 9.47 Å². The number of benzene rings is 2. The van der Waals surface area contributed by atoms with E-state index in [9.17, 15) is 9.59 Å². The maximum Gasteiger partial charge on any atom is 0.337 e. The third-order valence-electron chi connectivity index (χ3n) is 4.40. The van der Waals surface area contributed by atoms with E-state index in [0.29, 0.717) is 29.1 Å². The van der Waals surface area contributed by atoms with Crippen LogP contribution in [0.2, 0.25) is 0 Å². The molecule has 0 unspecified atom stereocenters. The highest BCUT2D eigenvalue weighted by atomic mass is 32.1. The molecule has 0 aliphatic carbocycles. The number of aromatic nitrogens is 2. The molecule has 0 saturated carbocycles. The van der Waals surface area contributed by atoms with Crippen LogP contribution < -0.4 is 4.80 Å². The minimum absolute atomic E-state index is 0.328. The number of hydrogen-bond acceptors (Lipinski definition) is 7. The first-order chi connectivity index (χ1) is 14.1. The Morgan fingerprint density at radius 1 is 1.10 bits per heavy atom. The second kappa shape index (κ2) is 8.24. The van der Waals surface area contributed by atoms with E-state index in [1.54, 1.807) is 36.9 Å². The van der Waals surface area contributed by atoms with E-state index in [2.05, 4.69) is 9.98 Å². The first kappa shape index (κ1) is 19.4. The summed E-state index contributed by atoms with van der Waals surface area (Å²) in [6, 6.07) is 10.6. The van der Waals surface area contributed by atoms with Crippen LogP contribution in [-0.2, 0) is 16.0 Å². The van der Waals surface area contributed by atoms with E-state index in [-0.39, 0.29) is 5.91 Å². The van der Waals surface area contributed by atoms with Crippen LogP contribution in [0.15, 0.2) is 46.9 Å². The quantitative estimate of drug-likeness (QED) is 0.456. The predicted molar refractivity (Wildman–Crippen MR) is 113 cm³/mol. The van der Waals surface area contributed by atoms with Crippen molar-refractivity contribution in [3.63, 3.8) is 0 Å².